The predicted octanol–water partition coefficient (Wildman–Crippen LogP) is 21.6. The Labute approximate surface area is 493 Å². The highest BCUT2D eigenvalue weighted by Gasteiger charge is 2.24. The zero-order chi connectivity index (χ0) is 56.7. The third kappa shape index (κ3) is 57.8. The van der Waals surface area contributed by atoms with Crippen LogP contribution in [0.25, 0.3) is 0 Å². The molecule has 2 atom stereocenters. The van der Waals surface area contributed by atoms with Crippen LogP contribution in [-0.4, -0.2) is 61.6 Å². The Hall–Kier alpha value is -1.42. The molecule has 8 nitrogen and oxygen atoms in total. The molecule has 2 N–H and O–H groups in total. The van der Waals surface area contributed by atoms with Crippen molar-refractivity contribution in [3.63, 3.8) is 0 Å². The van der Waals surface area contributed by atoms with E-state index in [2.05, 4.69) is 24.5 Å². The van der Waals surface area contributed by atoms with Gasteiger partial charge in [0.1, 0.15) is 12.1 Å². The lowest BCUT2D eigenvalue weighted by Gasteiger charge is -2.18. The normalized spacial score (nSPS) is 12.2. The third-order valence-electron chi connectivity index (χ3n) is 16.2. The van der Waals surface area contributed by atoms with E-state index >= 15 is 0 Å². The van der Waals surface area contributed by atoms with Crippen molar-refractivity contribution in [1.29, 1.82) is 0 Å². The lowest BCUT2D eigenvalue weighted by molar-refractivity contribution is -0.144. The molecule has 0 aromatic carbocycles. The molecule has 462 valence electrons. The van der Waals surface area contributed by atoms with Crippen LogP contribution in [0.4, 0.5) is 0 Å². The van der Waals surface area contributed by atoms with Crippen molar-refractivity contribution in [3.8, 4) is 0 Å². The van der Waals surface area contributed by atoms with Gasteiger partial charge in [-0.25, -0.2) is 9.59 Å². The van der Waals surface area contributed by atoms with E-state index in [-0.39, 0.29) is 11.8 Å². The van der Waals surface area contributed by atoms with Crippen LogP contribution in [-0.2, 0) is 28.7 Å². The van der Waals surface area contributed by atoms with E-state index < -0.39 is 24.0 Å². The second kappa shape index (κ2) is 64.7. The molecule has 0 aromatic rings. The molecule has 0 aliphatic heterocycles. The minimum Gasteiger partial charge on any atom is -0.467 e. The van der Waals surface area contributed by atoms with Gasteiger partial charge in [0.15, 0.2) is 0 Å². The molecule has 78 heavy (non-hydrogen) atoms. The van der Waals surface area contributed by atoms with Crippen molar-refractivity contribution in [2.24, 2.45) is 0 Å². The fraction of sp³-hybridized carbons (Fsp3) is 0.941. The summed E-state index contributed by atoms with van der Waals surface area (Å²) >= 11 is 0. The first-order chi connectivity index (χ1) is 38.4. The first-order valence-corrected chi connectivity index (χ1v) is 36.9. The number of hydrogen-bond acceptors (Lipinski definition) is 8. The summed E-state index contributed by atoms with van der Waals surface area (Å²) in [6.45, 7) is 4.59. The molecule has 0 radical (unpaired) electrons. The van der Waals surface area contributed by atoms with E-state index in [9.17, 15) is 19.2 Å². The van der Waals surface area contributed by atoms with Crippen molar-refractivity contribution >= 4 is 45.3 Å². The standard InChI is InChI=1S/C68H132N2O6S2/c1-5-7-9-11-13-15-17-19-21-23-25-27-29-31-33-35-37-39-41-43-45-47-49-51-53-55-57-59-65(71)69-63(67(73)75-3)61-77-78-62-64(68(74)76-4)70-66(72)60-58-56-54-52-50-48-46-44-42-40-38-36-34-32-30-28-26-24-22-20-18-16-14-12-10-8-6-2/h63-64H,5-62H2,1-4H3,(H,69,71)(H,70,72)/t63-,64?/m0/s1. The van der Waals surface area contributed by atoms with Gasteiger partial charge in [-0.2, -0.15) is 0 Å². The Morgan fingerprint density at radius 3 is 0.577 bits per heavy atom. The van der Waals surface area contributed by atoms with E-state index in [1.54, 1.807) is 0 Å². The number of ether oxygens (including phenoxy) is 2. The van der Waals surface area contributed by atoms with Gasteiger partial charge in [-0.1, -0.05) is 369 Å². The number of hydrogen-bond donors (Lipinski definition) is 2. The van der Waals surface area contributed by atoms with Crippen LogP contribution in [0.3, 0.4) is 0 Å². The van der Waals surface area contributed by atoms with Crippen molar-refractivity contribution in [1.82, 2.24) is 10.6 Å². The summed E-state index contributed by atoms with van der Waals surface area (Å²) in [7, 11) is 5.40. The lowest BCUT2D eigenvalue weighted by atomic mass is 10.0. The van der Waals surface area contributed by atoms with Gasteiger partial charge in [0.05, 0.1) is 14.2 Å². The SMILES string of the molecule is CCCCCCCCCCCCCCCCCCCCCCCCCCCCCC(=O)NC(CSSC[C@H](NC(=O)CCCCCCCCCCCCCCCCCCCCCCCCCCCCC)C(=O)OC)C(=O)OC. The number of esters is 2. The number of nitrogens with one attached hydrogen (secondary N) is 2. The van der Waals surface area contributed by atoms with E-state index in [1.165, 1.54) is 344 Å². The molecule has 0 rings (SSSR count). The van der Waals surface area contributed by atoms with Crippen molar-refractivity contribution in [2.75, 3.05) is 25.7 Å². The Morgan fingerprint density at radius 2 is 0.423 bits per heavy atom. The summed E-state index contributed by atoms with van der Waals surface area (Å²) in [5, 5.41) is 5.71. The average Bonchev–Trinajstić information content (AvgIpc) is 3.44. The van der Waals surface area contributed by atoms with Gasteiger partial charge < -0.3 is 20.1 Å². The summed E-state index contributed by atoms with van der Waals surface area (Å²) in [5.74, 6) is -0.664. The lowest BCUT2D eigenvalue weighted by Crippen LogP contribution is -2.44. The fourth-order valence-electron chi connectivity index (χ4n) is 10.9. The van der Waals surface area contributed by atoms with Crippen LogP contribution in [0, 0.1) is 0 Å². The van der Waals surface area contributed by atoms with E-state index in [4.69, 9.17) is 9.47 Å². The molecule has 0 aliphatic carbocycles. The average molecular weight is 1140 g/mol. The molecule has 2 amide bonds. The summed E-state index contributed by atoms with van der Waals surface area (Å²) in [6, 6.07) is -1.55. The molecule has 0 fully saturated rings. The van der Waals surface area contributed by atoms with Crippen molar-refractivity contribution in [2.45, 2.75) is 385 Å². The Morgan fingerprint density at radius 1 is 0.269 bits per heavy atom. The molecular weight excluding hydrogens is 1000 g/mol. The van der Waals surface area contributed by atoms with Crippen LogP contribution in [0.1, 0.15) is 373 Å². The van der Waals surface area contributed by atoms with Gasteiger partial charge in [0.25, 0.3) is 0 Å². The number of unbranched alkanes of at least 4 members (excludes halogenated alkanes) is 52. The molecular formula is C68H132N2O6S2. The van der Waals surface area contributed by atoms with Crippen LogP contribution < -0.4 is 10.6 Å². The van der Waals surface area contributed by atoms with Crippen LogP contribution in [0.2, 0.25) is 0 Å². The largest absolute Gasteiger partial charge is 0.467 e. The summed E-state index contributed by atoms with van der Waals surface area (Å²) < 4.78 is 9.96. The molecule has 0 spiro atoms. The van der Waals surface area contributed by atoms with Gasteiger partial charge in [0.2, 0.25) is 11.8 Å². The molecule has 0 saturated carbocycles. The second-order valence-electron chi connectivity index (χ2n) is 23.7. The highest BCUT2D eigenvalue weighted by atomic mass is 33.1. The van der Waals surface area contributed by atoms with Gasteiger partial charge in [-0.3, -0.25) is 9.59 Å². The molecule has 0 aromatic heterocycles. The fourth-order valence-corrected chi connectivity index (χ4v) is 13.2. The quantitative estimate of drug-likeness (QED) is 0.0352. The zero-order valence-electron chi connectivity index (χ0n) is 52.4. The smallest absolute Gasteiger partial charge is 0.329 e. The third-order valence-corrected chi connectivity index (χ3v) is 18.6. The van der Waals surface area contributed by atoms with Gasteiger partial charge in [0, 0.05) is 24.3 Å². The Balaban J connectivity index is 3.78. The minimum atomic E-state index is -0.775. The topological polar surface area (TPSA) is 111 Å². The van der Waals surface area contributed by atoms with Crippen LogP contribution >= 0.6 is 21.6 Å². The monoisotopic (exact) mass is 1140 g/mol. The molecule has 0 saturated heterocycles. The summed E-state index contributed by atoms with van der Waals surface area (Å²) in [5.41, 5.74) is 0. The molecule has 1 unspecified atom stereocenters. The Kier molecular flexibility index (Phi) is 63.6. The number of amides is 2. The molecule has 0 heterocycles. The number of rotatable bonds is 65. The minimum absolute atomic E-state index is 0.142. The van der Waals surface area contributed by atoms with Gasteiger partial charge >= 0.3 is 11.9 Å². The maximum Gasteiger partial charge on any atom is 0.329 e. The predicted molar refractivity (Wildman–Crippen MR) is 343 cm³/mol. The number of carbonyl (C=O) groups is 4. The van der Waals surface area contributed by atoms with Crippen molar-refractivity contribution in [3.05, 3.63) is 0 Å². The van der Waals surface area contributed by atoms with E-state index in [0.29, 0.717) is 24.3 Å². The van der Waals surface area contributed by atoms with Gasteiger partial charge in [-0.05, 0) is 12.8 Å². The highest BCUT2D eigenvalue weighted by Crippen LogP contribution is 2.25. The maximum atomic E-state index is 12.8. The maximum absolute atomic E-state index is 12.8. The summed E-state index contributed by atoms with van der Waals surface area (Å²) in [4.78, 5) is 50.6. The number of carbonyl (C=O) groups excluding carboxylic acids is 4. The van der Waals surface area contributed by atoms with E-state index in [1.807, 2.05) is 0 Å². The highest BCUT2D eigenvalue weighted by molar-refractivity contribution is 8.76. The molecule has 0 bridgehead atoms. The molecule has 0 aliphatic rings. The zero-order valence-corrected chi connectivity index (χ0v) is 54.1. The van der Waals surface area contributed by atoms with Crippen molar-refractivity contribution < 1.29 is 28.7 Å². The second-order valence-corrected chi connectivity index (χ2v) is 26.3. The Bertz CT molecular complexity index is 1180. The van der Waals surface area contributed by atoms with Crippen LogP contribution in [0.15, 0.2) is 0 Å². The van der Waals surface area contributed by atoms with E-state index in [0.717, 1.165) is 38.5 Å². The van der Waals surface area contributed by atoms with Gasteiger partial charge in [-0.15, -0.1) is 0 Å². The first-order valence-electron chi connectivity index (χ1n) is 34.4. The van der Waals surface area contributed by atoms with Crippen LogP contribution in [0.5, 0.6) is 0 Å². The summed E-state index contributed by atoms with van der Waals surface area (Å²) in [6.07, 6.45) is 74.0. The molecule has 10 heteroatoms. The number of methoxy groups -OCH3 is 2. The first kappa shape index (κ1) is 76.6.